The molecule has 4 rings (SSSR count). The van der Waals surface area contributed by atoms with E-state index in [1.807, 2.05) is 0 Å². The van der Waals surface area contributed by atoms with E-state index in [1.54, 1.807) is 24.3 Å². The topological polar surface area (TPSA) is 77.8 Å². The van der Waals surface area contributed by atoms with Crippen molar-refractivity contribution in [2.24, 2.45) is 0 Å². The molecule has 0 saturated heterocycles. The summed E-state index contributed by atoms with van der Waals surface area (Å²) in [5.41, 5.74) is -2.35. The Morgan fingerprint density at radius 3 is 2.55 bits per heavy atom. The van der Waals surface area contributed by atoms with Crippen molar-refractivity contribution >= 4 is 32.8 Å². The van der Waals surface area contributed by atoms with Gasteiger partial charge in [0.2, 0.25) is 0 Å². The Kier molecular flexibility index (Phi) is 5.20. The molecule has 10 heteroatoms. The number of hydrogen-bond acceptors (Lipinski definition) is 5. The van der Waals surface area contributed by atoms with Crippen molar-refractivity contribution in [2.75, 3.05) is 6.61 Å². The second kappa shape index (κ2) is 7.60. The van der Waals surface area contributed by atoms with E-state index in [0.717, 1.165) is 21.2 Å². The zero-order valence-corrected chi connectivity index (χ0v) is 17.6. The Morgan fingerprint density at radius 2 is 1.94 bits per heavy atom. The van der Waals surface area contributed by atoms with Gasteiger partial charge in [-0.1, -0.05) is 28.1 Å². The van der Waals surface area contributed by atoms with Crippen molar-refractivity contribution in [3.05, 3.63) is 67.9 Å². The van der Waals surface area contributed by atoms with Gasteiger partial charge in [0.15, 0.2) is 11.3 Å². The minimum absolute atomic E-state index is 0.0430. The van der Waals surface area contributed by atoms with Crippen LogP contribution in [0.2, 0.25) is 0 Å². The molecule has 1 aliphatic rings. The summed E-state index contributed by atoms with van der Waals surface area (Å²) in [4.78, 5) is 25.4. The largest absolute Gasteiger partial charge is 0.506 e. The lowest BCUT2D eigenvalue weighted by Gasteiger charge is -2.30. The Bertz CT molecular complexity index is 1250. The van der Waals surface area contributed by atoms with Crippen LogP contribution in [0, 0.1) is 0 Å². The van der Waals surface area contributed by atoms with E-state index in [-0.39, 0.29) is 24.1 Å². The van der Waals surface area contributed by atoms with E-state index >= 15 is 0 Å². The predicted octanol–water partition coefficient (Wildman–Crippen LogP) is 4.80. The maximum atomic E-state index is 13.7. The number of rotatable bonds is 3. The zero-order valence-electron chi connectivity index (χ0n) is 16.0. The Morgan fingerprint density at radius 1 is 1.26 bits per heavy atom. The van der Waals surface area contributed by atoms with E-state index in [4.69, 9.17) is 9.47 Å². The number of benzene rings is 2. The molecule has 0 spiro atoms. The highest BCUT2D eigenvalue weighted by Crippen LogP contribution is 2.46. The smallest absolute Gasteiger partial charge is 0.420 e. The molecule has 6 nitrogen and oxygen atoms in total. The van der Waals surface area contributed by atoms with Gasteiger partial charge in [-0.2, -0.15) is 13.2 Å². The molecular formula is C21H15BrF3NO5. The van der Waals surface area contributed by atoms with Crippen molar-refractivity contribution < 1.29 is 32.5 Å². The van der Waals surface area contributed by atoms with Crippen molar-refractivity contribution in [3.63, 3.8) is 0 Å². The minimum atomic E-state index is -4.76. The molecule has 2 heterocycles. The molecule has 0 amide bonds. The molecule has 0 bridgehead atoms. The van der Waals surface area contributed by atoms with E-state index in [2.05, 4.69) is 15.9 Å². The molecule has 0 radical (unpaired) electrons. The van der Waals surface area contributed by atoms with Gasteiger partial charge in [-0.15, -0.1) is 0 Å². The number of ether oxygens (including phenoxy) is 2. The lowest BCUT2D eigenvalue weighted by molar-refractivity contribution is -0.139. The number of carbonyl (C=O) groups excluding carboxylic acids is 1. The first-order valence-corrected chi connectivity index (χ1v) is 10.0. The number of aromatic nitrogens is 1. The zero-order chi connectivity index (χ0) is 22.5. The second-order valence-electron chi connectivity index (χ2n) is 6.85. The van der Waals surface area contributed by atoms with Gasteiger partial charge >= 0.3 is 12.1 Å². The molecule has 1 N–H and O–H groups in total. The molecule has 162 valence electrons. The third-order valence-electron chi connectivity index (χ3n) is 4.99. The van der Waals surface area contributed by atoms with Gasteiger partial charge in [-0.05, 0) is 36.8 Å². The average Bonchev–Trinajstić information content (AvgIpc) is 2.71. The predicted molar refractivity (Wildman–Crippen MR) is 108 cm³/mol. The van der Waals surface area contributed by atoms with Gasteiger partial charge in [0.1, 0.15) is 11.9 Å². The molecule has 0 aliphatic carbocycles. The van der Waals surface area contributed by atoms with E-state index < -0.39 is 46.4 Å². The van der Waals surface area contributed by atoms with Gasteiger partial charge in [-0.3, -0.25) is 9.36 Å². The van der Waals surface area contributed by atoms with Crippen LogP contribution in [-0.4, -0.2) is 22.2 Å². The molecule has 1 aliphatic heterocycles. The van der Waals surface area contributed by atoms with E-state index in [1.165, 1.54) is 6.92 Å². The molecule has 3 aromatic rings. The normalized spacial score (nSPS) is 15.6. The summed E-state index contributed by atoms with van der Waals surface area (Å²) in [6.07, 6.45) is -5.69. The summed E-state index contributed by atoms with van der Waals surface area (Å²) in [7, 11) is 0. The van der Waals surface area contributed by atoms with Gasteiger partial charge in [0.25, 0.3) is 5.56 Å². The van der Waals surface area contributed by atoms with Crippen molar-refractivity contribution in [1.29, 1.82) is 0 Å². The monoisotopic (exact) mass is 497 g/mol. The first-order valence-electron chi connectivity index (χ1n) is 9.22. The fourth-order valence-electron chi connectivity index (χ4n) is 3.60. The van der Waals surface area contributed by atoms with Crippen molar-refractivity contribution in [1.82, 2.24) is 4.57 Å². The number of esters is 1. The van der Waals surface area contributed by atoms with Crippen LogP contribution in [-0.2, 0) is 17.5 Å². The molecule has 0 fully saturated rings. The van der Waals surface area contributed by atoms with Crippen molar-refractivity contribution in [3.8, 4) is 11.5 Å². The summed E-state index contributed by atoms with van der Waals surface area (Å²) >= 11 is 3.29. The molecule has 1 aromatic heterocycles. The van der Waals surface area contributed by atoms with Crippen LogP contribution in [0.1, 0.15) is 34.5 Å². The highest BCUT2D eigenvalue weighted by atomic mass is 79.9. The van der Waals surface area contributed by atoms with E-state index in [9.17, 15) is 27.9 Å². The molecular weight excluding hydrogens is 483 g/mol. The summed E-state index contributed by atoms with van der Waals surface area (Å²) in [5, 5.41) is 10.4. The van der Waals surface area contributed by atoms with Crippen LogP contribution in [0.4, 0.5) is 13.2 Å². The molecule has 2 aromatic carbocycles. The lowest BCUT2D eigenvalue weighted by atomic mass is 10.0. The number of halogens is 4. The van der Waals surface area contributed by atoms with Gasteiger partial charge in [-0.25, -0.2) is 4.79 Å². The summed E-state index contributed by atoms with van der Waals surface area (Å²) < 4.78 is 53.5. The van der Waals surface area contributed by atoms with Gasteiger partial charge in [0, 0.05) is 9.86 Å². The summed E-state index contributed by atoms with van der Waals surface area (Å²) in [6.45, 7) is 1.33. The first kappa shape index (κ1) is 21.2. The second-order valence-corrected chi connectivity index (χ2v) is 7.77. The average molecular weight is 498 g/mol. The maximum Gasteiger partial charge on any atom is 0.420 e. The SMILES string of the molecule is CCOC(=O)c1c(O)c2ccc(C(F)(F)F)c3c2n(c1=O)CC(c1ccc(Br)cc1)O3. The van der Waals surface area contributed by atoms with Crippen LogP contribution in [0.3, 0.4) is 0 Å². The van der Waals surface area contributed by atoms with Crippen LogP contribution in [0.25, 0.3) is 10.9 Å². The number of pyridine rings is 1. The maximum absolute atomic E-state index is 13.7. The highest BCUT2D eigenvalue weighted by molar-refractivity contribution is 9.10. The summed E-state index contributed by atoms with van der Waals surface area (Å²) in [5.74, 6) is -2.37. The summed E-state index contributed by atoms with van der Waals surface area (Å²) in [6, 6.07) is 8.48. The van der Waals surface area contributed by atoms with Gasteiger partial charge < -0.3 is 14.6 Å². The number of hydrogen-bond donors (Lipinski definition) is 1. The third-order valence-corrected chi connectivity index (χ3v) is 5.52. The van der Waals surface area contributed by atoms with Gasteiger partial charge in [0.05, 0.1) is 24.2 Å². The number of aromatic hydroxyl groups is 1. The standard InChI is InChI=1S/C21H15BrF3NO5/c1-2-30-20(29)15-17(27)12-7-8-13(21(23,24)25)18-16(12)26(19(15)28)9-14(31-18)10-3-5-11(22)6-4-10/h3-8,14,27H,2,9H2,1H3. The fourth-order valence-corrected chi connectivity index (χ4v) is 3.87. The molecule has 31 heavy (non-hydrogen) atoms. The molecule has 1 unspecified atom stereocenters. The van der Waals surface area contributed by atoms with Crippen LogP contribution < -0.4 is 10.3 Å². The Labute approximate surface area is 181 Å². The Balaban J connectivity index is 2.02. The van der Waals surface area contributed by atoms with Crippen LogP contribution >= 0.6 is 15.9 Å². The highest BCUT2D eigenvalue weighted by Gasteiger charge is 2.40. The molecule has 0 saturated carbocycles. The number of alkyl halides is 3. The number of nitrogens with zero attached hydrogens (tertiary/aromatic N) is 1. The fraction of sp³-hybridized carbons (Fsp3) is 0.238. The first-order chi connectivity index (χ1) is 14.6. The quantitative estimate of drug-likeness (QED) is 0.526. The third kappa shape index (κ3) is 3.54. The molecule has 1 atom stereocenters. The van der Waals surface area contributed by atoms with Crippen molar-refractivity contribution in [2.45, 2.75) is 25.7 Å². The minimum Gasteiger partial charge on any atom is -0.506 e. The Hall–Kier alpha value is -3.01. The van der Waals surface area contributed by atoms with Crippen LogP contribution in [0.5, 0.6) is 11.5 Å². The number of carbonyl (C=O) groups is 1. The lowest BCUT2D eigenvalue weighted by Crippen LogP contribution is -2.34. The van der Waals surface area contributed by atoms with E-state index in [0.29, 0.717) is 5.56 Å². The van der Waals surface area contributed by atoms with Crippen LogP contribution in [0.15, 0.2) is 45.7 Å².